The average molecular weight is 132 g/mol. The van der Waals surface area contributed by atoms with E-state index in [4.69, 9.17) is 0 Å². The normalized spacial score (nSPS) is 11.0. The first-order valence-electron chi connectivity index (χ1n) is 1.21. The van der Waals surface area contributed by atoms with Crippen molar-refractivity contribution in [3.8, 4) is 0 Å². The fraction of sp³-hybridized carbons (Fsp3) is 0.500. The first-order chi connectivity index (χ1) is 2.77. The van der Waals surface area contributed by atoms with Crippen LogP contribution in [0, 0.1) is 0 Å². The molecule has 0 aliphatic rings. The Balaban J connectivity index is -0.000000125. The molecule has 0 amide bonds. The van der Waals surface area contributed by atoms with Crippen LogP contribution in [0.3, 0.4) is 0 Å². The second-order valence-electron chi connectivity index (χ2n) is 0.594. The Kier molecular flexibility index (Phi) is 10.00. The van der Waals surface area contributed by atoms with Crippen molar-refractivity contribution in [2.75, 3.05) is 6.26 Å². The third kappa shape index (κ3) is 10.8. The van der Waals surface area contributed by atoms with E-state index >= 15 is 0 Å². The van der Waals surface area contributed by atoms with Gasteiger partial charge in [0.25, 0.3) is 0 Å². The van der Waals surface area contributed by atoms with E-state index in [9.17, 15) is 9.00 Å². The zero-order valence-corrected chi connectivity index (χ0v) is 7.03. The molecular weight excluding hydrogens is 127 g/mol. The molecule has 0 rings (SSSR count). The Hall–Kier alpha value is 0.620. The minimum absolute atomic E-state index is 0. The summed E-state index contributed by atoms with van der Waals surface area (Å²) in [4.78, 5) is 9.20. The van der Waals surface area contributed by atoms with Crippen LogP contribution < -0.4 is 29.6 Å². The summed E-state index contributed by atoms with van der Waals surface area (Å²) in [7, 11) is 0. The Bertz CT molecular complexity index is 77.7. The average Bonchev–Trinajstić information content (AvgIpc) is 1.35. The number of rotatable bonds is 2. The number of carbonyl (C=O) groups is 1. The maximum Gasteiger partial charge on any atom is 1.00 e. The summed E-state index contributed by atoms with van der Waals surface area (Å²) in [6, 6.07) is 0. The molecule has 0 N–H and O–H groups in total. The predicted octanol–water partition coefficient (Wildman–Crippen LogP) is -3.43. The molecule has 0 aromatic heterocycles. The summed E-state index contributed by atoms with van der Waals surface area (Å²) in [6.07, 6.45) is 1.27. The Labute approximate surface area is 67.9 Å². The molecule has 1 unspecified atom stereocenters. The molecule has 5 heteroatoms. The Morgan fingerprint density at radius 1 is 1.86 bits per heavy atom. The molecule has 0 fully saturated rings. The monoisotopic (exact) mass is 132 g/mol. The Morgan fingerprint density at radius 2 is 2.29 bits per heavy atom. The third-order valence-corrected chi connectivity index (χ3v) is 0.524. The van der Waals surface area contributed by atoms with Crippen molar-refractivity contribution in [2.45, 2.75) is 0 Å². The first-order valence-corrected chi connectivity index (χ1v) is 2.70. The quantitative estimate of drug-likeness (QED) is 0.290. The zero-order chi connectivity index (χ0) is 4.99. The molecule has 0 aromatic carbocycles. The second kappa shape index (κ2) is 6.62. The van der Waals surface area contributed by atoms with Gasteiger partial charge in [-0.25, -0.2) is 4.21 Å². The van der Waals surface area contributed by atoms with Crippen molar-refractivity contribution < 1.29 is 44.2 Å². The van der Waals surface area contributed by atoms with Crippen LogP contribution >= 0.6 is 0 Å². The SMILES string of the molecule is CS(=O)OC=O.[H-].[Na+]. The molecule has 3 nitrogen and oxygen atoms in total. The predicted molar refractivity (Wildman–Crippen MR) is 22.3 cm³/mol. The largest absolute Gasteiger partial charge is 1.00 e. The molecule has 0 aliphatic heterocycles. The van der Waals surface area contributed by atoms with Gasteiger partial charge in [0.15, 0.2) is 0 Å². The summed E-state index contributed by atoms with van der Waals surface area (Å²) >= 11 is -1.43. The standard InChI is InChI=1S/C2H4O3S.Na.H/c1-6(4)5-2-3;;/h2H,1H3;;/q;+1;-1. The number of hydrogen-bond donors (Lipinski definition) is 0. The van der Waals surface area contributed by atoms with E-state index in [1.165, 1.54) is 6.26 Å². The summed E-state index contributed by atoms with van der Waals surface area (Å²) in [5, 5.41) is 0. The second-order valence-corrected chi connectivity index (χ2v) is 1.59. The summed E-state index contributed by atoms with van der Waals surface area (Å²) < 4.78 is 13.5. The molecule has 38 valence electrons. The molecule has 0 heterocycles. The van der Waals surface area contributed by atoms with E-state index in [1.807, 2.05) is 0 Å². The topological polar surface area (TPSA) is 43.4 Å². The molecule has 0 aliphatic carbocycles. The fourth-order valence-electron chi connectivity index (χ4n) is 0.0553. The van der Waals surface area contributed by atoms with E-state index < -0.39 is 11.1 Å². The summed E-state index contributed by atoms with van der Waals surface area (Å²) in [5.41, 5.74) is 0. The molecule has 0 aromatic rings. The van der Waals surface area contributed by atoms with Gasteiger partial charge in [-0.2, -0.15) is 0 Å². The van der Waals surface area contributed by atoms with Crippen molar-refractivity contribution in [1.82, 2.24) is 0 Å². The first kappa shape index (κ1) is 10.6. The molecule has 0 saturated carbocycles. The van der Waals surface area contributed by atoms with E-state index in [-0.39, 0.29) is 37.5 Å². The van der Waals surface area contributed by atoms with Gasteiger partial charge in [0.2, 0.25) is 11.1 Å². The molecule has 0 spiro atoms. The number of hydrogen-bond acceptors (Lipinski definition) is 3. The van der Waals surface area contributed by atoms with Gasteiger partial charge < -0.3 is 5.61 Å². The van der Waals surface area contributed by atoms with Crippen LogP contribution in [0.25, 0.3) is 0 Å². The maximum atomic E-state index is 9.70. The minimum Gasteiger partial charge on any atom is -1.00 e. The molecule has 0 radical (unpaired) electrons. The van der Waals surface area contributed by atoms with Gasteiger partial charge in [-0.1, -0.05) is 0 Å². The smallest absolute Gasteiger partial charge is 1.00 e. The van der Waals surface area contributed by atoms with Crippen molar-refractivity contribution in [3.63, 3.8) is 0 Å². The maximum absolute atomic E-state index is 9.70. The fourth-order valence-corrected chi connectivity index (χ4v) is 0.166. The van der Waals surface area contributed by atoms with Gasteiger partial charge in [0.1, 0.15) is 0 Å². The number of carbonyl (C=O) groups excluding carboxylic acids is 1. The van der Waals surface area contributed by atoms with Gasteiger partial charge >= 0.3 is 36.0 Å². The minimum atomic E-state index is -1.43. The zero-order valence-electron chi connectivity index (χ0n) is 5.21. The van der Waals surface area contributed by atoms with Crippen LogP contribution in [0.5, 0.6) is 0 Å². The summed E-state index contributed by atoms with van der Waals surface area (Å²) in [5.74, 6) is 0. The van der Waals surface area contributed by atoms with Crippen LogP contribution in [-0.2, 0) is 20.1 Å². The van der Waals surface area contributed by atoms with Gasteiger partial charge in [-0.05, 0) is 0 Å². The van der Waals surface area contributed by atoms with E-state index in [2.05, 4.69) is 4.18 Å². The van der Waals surface area contributed by atoms with Gasteiger partial charge in [-0.3, -0.25) is 4.79 Å². The molecule has 1 atom stereocenters. The van der Waals surface area contributed by atoms with Gasteiger partial charge in [0.05, 0.1) is 0 Å². The van der Waals surface area contributed by atoms with E-state index in [0.29, 0.717) is 0 Å². The van der Waals surface area contributed by atoms with Crippen LogP contribution in [0.2, 0.25) is 0 Å². The Morgan fingerprint density at radius 3 is 2.29 bits per heavy atom. The van der Waals surface area contributed by atoms with Crippen LogP contribution in [-0.4, -0.2) is 16.9 Å². The van der Waals surface area contributed by atoms with Gasteiger partial charge in [0, 0.05) is 6.26 Å². The van der Waals surface area contributed by atoms with E-state index in [0.717, 1.165) is 0 Å². The molecular formula is C2H5NaO3S. The van der Waals surface area contributed by atoms with Crippen molar-refractivity contribution in [1.29, 1.82) is 0 Å². The third-order valence-electron chi connectivity index (χ3n) is 0.175. The molecule has 0 bridgehead atoms. The van der Waals surface area contributed by atoms with Crippen molar-refractivity contribution in [3.05, 3.63) is 0 Å². The van der Waals surface area contributed by atoms with Crippen LogP contribution in [0.4, 0.5) is 0 Å². The molecule has 0 saturated heterocycles. The van der Waals surface area contributed by atoms with Crippen LogP contribution in [0.15, 0.2) is 0 Å². The molecule has 7 heavy (non-hydrogen) atoms. The van der Waals surface area contributed by atoms with Crippen molar-refractivity contribution >= 4 is 17.6 Å². The summed E-state index contributed by atoms with van der Waals surface area (Å²) in [6.45, 7) is 0.149. The van der Waals surface area contributed by atoms with E-state index in [1.54, 1.807) is 0 Å². The van der Waals surface area contributed by atoms with Gasteiger partial charge in [-0.15, -0.1) is 0 Å². The van der Waals surface area contributed by atoms with Crippen molar-refractivity contribution in [2.24, 2.45) is 0 Å². The van der Waals surface area contributed by atoms with Crippen LogP contribution in [0.1, 0.15) is 1.43 Å².